The van der Waals surface area contributed by atoms with Crippen LogP contribution in [-0.4, -0.2) is 11.1 Å². The summed E-state index contributed by atoms with van der Waals surface area (Å²) in [4.78, 5) is 11.3. The van der Waals surface area contributed by atoms with Gasteiger partial charge in [-0.05, 0) is 43.2 Å². The summed E-state index contributed by atoms with van der Waals surface area (Å²) >= 11 is 0. The van der Waals surface area contributed by atoms with Gasteiger partial charge in [0.2, 0.25) is 0 Å². The fraction of sp³-hybridized carbons (Fsp3) is 0.118. The van der Waals surface area contributed by atoms with E-state index in [-0.39, 0.29) is 16.7 Å². The second-order valence-corrected chi connectivity index (χ2v) is 5.01. The molecule has 0 atom stereocenters. The highest BCUT2D eigenvalue weighted by Crippen LogP contribution is 2.32. The summed E-state index contributed by atoms with van der Waals surface area (Å²) in [5, 5.41) is 9.21. The lowest BCUT2D eigenvalue weighted by Crippen LogP contribution is -2.06. The molecular formula is C17H12F4O2. The Kier molecular flexibility index (Phi) is 4.54. The summed E-state index contributed by atoms with van der Waals surface area (Å²) in [6.07, 6.45) is 0. The van der Waals surface area contributed by atoms with Crippen molar-refractivity contribution >= 4 is 11.5 Å². The summed E-state index contributed by atoms with van der Waals surface area (Å²) in [7, 11) is 0. The predicted octanol–water partition coefficient (Wildman–Crippen LogP) is 4.46. The average molecular weight is 324 g/mol. The summed E-state index contributed by atoms with van der Waals surface area (Å²) in [5.41, 5.74) is -0.254. The lowest BCUT2D eigenvalue weighted by Gasteiger charge is -2.15. The Labute approximate surface area is 129 Å². The first-order valence-electron chi connectivity index (χ1n) is 6.58. The molecule has 0 radical (unpaired) electrons. The molecule has 0 unspecified atom stereocenters. The van der Waals surface area contributed by atoms with Gasteiger partial charge < -0.3 is 5.11 Å². The Balaban J connectivity index is 2.83. The van der Waals surface area contributed by atoms with E-state index in [0.717, 1.165) is 12.1 Å². The van der Waals surface area contributed by atoms with Gasteiger partial charge in [-0.25, -0.2) is 22.4 Å². The van der Waals surface area contributed by atoms with Gasteiger partial charge in [0.15, 0.2) is 11.6 Å². The smallest absolute Gasteiger partial charge is 0.331 e. The van der Waals surface area contributed by atoms with Crippen molar-refractivity contribution in [1.82, 2.24) is 0 Å². The molecule has 2 nitrogen and oxygen atoms in total. The minimum Gasteiger partial charge on any atom is -0.478 e. The third-order valence-electron chi connectivity index (χ3n) is 3.43. The molecule has 0 amide bonds. The van der Waals surface area contributed by atoms with Gasteiger partial charge in [0.05, 0.1) is 0 Å². The van der Waals surface area contributed by atoms with Crippen LogP contribution in [-0.2, 0) is 4.79 Å². The number of hydrogen-bond acceptors (Lipinski definition) is 1. The van der Waals surface area contributed by atoms with E-state index in [2.05, 4.69) is 0 Å². The van der Waals surface area contributed by atoms with Gasteiger partial charge in [0, 0.05) is 22.8 Å². The van der Waals surface area contributed by atoms with Crippen LogP contribution in [0.5, 0.6) is 0 Å². The number of carbonyl (C=O) groups is 1. The third-order valence-corrected chi connectivity index (χ3v) is 3.43. The summed E-state index contributed by atoms with van der Waals surface area (Å²) < 4.78 is 54.0. The van der Waals surface area contributed by atoms with Crippen molar-refractivity contribution < 1.29 is 27.5 Å². The van der Waals surface area contributed by atoms with Crippen LogP contribution in [0.3, 0.4) is 0 Å². The first kappa shape index (κ1) is 16.7. The van der Waals surface area contributed by atoms with Crippen LogP contribution in [0, 0.1) is 30.2 Å². The van der Waals surface area contributed by atoms with Crippen molar-refractivity contribution in [2.75, 3.05) is 0 Å². The van der Waals surface area contributed by atoms with E-state index in [0.29, 0.717) is 17.7 Å². The number of halogens is 4. The molecule has 0 aliphatic heterocycles. The SMILES string of the molecule is C/C(C(=O)O)=C(\c1ccc(F)cc1C)c1cc(F)c(F)cc1F. The molecule has 0 aliphatic rings. The Morgan fingerprint density at radius 2 is 1.52 bits per heavy atom. The molecular weight excluding hydrogens is 312 g/mol. The fourth-order valence-electron chi connectivity index (χ4n) is 2.28. The molecule has 2 aromatic carbocycles. The molecule has 120 valence electrons. The first-order chi connectivity index (χ1) is 10.7. The lowest BCUT2D eigenvalue weighted by molar-refractivity contribution is -0.132. The number of rotatable bonds is 3. The summed E-state index contributed by atoms with van der Waals surface area (Å²) in [6, 6.07) is 4.43. The van der Waals surface area contributed by atoms with Crippen LogP contribution in [0.15, 0.2) is 35.9 Å². The van der Waals surface area contributed by atoms with Crippen molar-refractivity contribution in [3.05, 3.63) is 75.9 Å². The quantitative estimate of drug-likeness (QED) is 0.514. The highest BCUT2D eigenvalue weighted by atomic mass is 19.2. The zero-order valence-corrected chi connectivity index (χ0v) is 12.3. The monoisotopic (exact) mass is 324 g/mol. The molecule has 2 aromatic rings. The molecule has 0 spiro atoms. The van der Waals surface area contributed by atoms with Gasteiger partial charge in [0.25, 0.3) is 0 Å². The maximum Gasteiger partial charge on any atom is 0.331 e. The zero-order chi connectivity index (χ0) is 17.3. The second kappa shape index (κ2) is 6.24. The summed E-state index contributed by atoms with van der Waals surface area (Å²) in [6.45, 7) is 2.71. The van der Waals surface area contributed by atoms with Crippen LogP contribution in [0.1, 0.15) is 23.6 Å². The van der Waals surface area contributed by atoms with E-state index >= 15 is 0 Å². The fourth-order valence-corrected chi connectivity index (χ4v) is 2.28. The zero-order valence-electron chi connectivity index (χ0n) is 12.3. The Morgan fingerprint density at radius 1 is 0.913 bits per heavy atom. The first-order valence-corrected chi connectivity index (χ1v) is 6.58. The predicted molar refractivity (Wildman–Crippen MR) is 76.8 cm³/mol. The van der Waals surface area contributed by atoms with Crippen LogP contribution < -0.4 is 0 Å². The molecule has 0 aliphatic carbocycles. The van der Waals surface area contributed by atoms with Gasteiger partial charge in [-0.15, -0.1) is 0 Å². The lowest BCUT2D eigenvalue weighted by atomic mass is 9.90. The van der Waals surface area contributed by atoms with Gasteiger partial charge in [0.1, 0.15) is 11.6 Å². The normalized spacial score (nSPS) is 12.1. The van der Waals surface area contributed by atoms with Crippen molar-refractivity contribution in [3.8, 4) is 0 Å². The van der Waals surface area contributed by atoms with Gasteiger partial charge in [-0.3, -0.25) is 0 Å². The molecule has 0 fully saturated rings. The maximum absolute atomic E-state index is 14.1. The highest BCUT2D eigenvalue weighted by molar-refractivity contribution is 6.00. The van der Waals surface area contributed by atoms with Crippen LogP contribution in [0.2, 0.25) is 0 Å². The molecule has 23 heavy (non-hydrogen) atoms. The molecule has 0 saturated carbocycles. The molecule has 0 heterocycles. The van der Waals surface area contributed by atoms with E-state index in [9.17, 15) is 27.5 Å². The number of hydrogen-bond donors (Lipinski definition) is 1. The van der Waals surface area contributed by atoms with E-state index in [1.165, 1.54) is 19.9 Å². The molecule has 0 aromatic heterocycles. The van der Waals surface area contributed by atoms with Crippen LogP contribution in [0.25, 0.3) is 5.57 Å². The number of carboxylic acids is 1. The van der Waals surface area contributed by atoms with Crippen LogP contribution in [0.4, 0.5) is 17.6 Å². The van der Waals surface area contributed by atoms with Crippen molar-refractivity contribution in [1.29, 1.82) is 0 Å². The van der Waals surface area contributed by atoms with Gasteiger partial charge in [-0.1, -0.05) is 6.07 Å². The van der Waals surface area contributed by atoms with E-state index < -0.39 is 34.8 Å². The highest BCUT2D eigenvalue weighted by Gasteiger charge is 2.21. The number of aliphatic carboxylic acids is 1. The van der Waals surface area contributed by atoms with Crippen molar-refractivity contribution in [2.24, 2.45) is 0 Å². The topological polar surface area (TPSA) is 37.3 Å². The maximum atomic E-state index is 14.1. The average Bonchev–Trinajstić information content (AvgIpc) is 2.46. The van der Waals surface area contributed by atoms with E-state index in [4.69, 9.17) is 0 Å². The molecule has 2 rings (SSSR count). The van der Waals surface area contributed by atoms with Gasteiger partial charge in [-0.2, -0.15) is 0 Å². The molecule has 1 N–H and O–H groups in total. The number of aryl methyl sites for hydroxylation is 1. The number of benzene rings is 2. The summed E-state index contributed by atoms with van der Waals surface area (Å²) in [5.74, 6) is -5.70. The van der Waals surface area contributed by atoms with Gasteiger partial charge >= 0.3 is 5.97 Å². The molecule has 0 bridgehead atoms. The Hall–Kier alpha value is -2.63. The third kappa shape index (κ3) is 3.26. The molecule has 6 heteroatoms. The Bertz CT molecular complexity index is 826. The minimum absolute atomic E-state index is 0.133. The van der Waals surface area contributed by atoms with E-state index in [1.807, 2.05) is 0 Å². The van der Waals surface area contributed by atoms with Crippen LogP contribution >= 0.6 is 0 Å². The standard InChI is InChI=1S/C17H12F4O2/c1-8-5-10(18)3-4-11(8)16(9(2)17(22)23)12-6-14(20)15(21)7-13(12)19/h3-7H,1-2H3,(H,22,23)/b16-9-. The minimum atomic E-state index is -1.38. The second-order valence-electron chi connectivity index (χ2n) is 5.01. The number of carboxylic acid groups (broad SMARTS) is 1. The van der Waals surface area contributed by atoms with E-state index in [1.54, 1.807) is 0 Å². The Morgan fingerprint density at radius 3 is 2.09 bits per heavy atom. The largest absolute Gasteiger partial charge is 0.478 e. The van der Waals surface area contributed by atoms with Crippen molar-refractivity contribution in [3.63, 3.8) is 0 Å². The molecule has 0 saturated heterocycles. The van der Waals surface area contributed by atoms with Crippen molar-refractivity contribution in [2.45, 2.75) is 13.8 Å².